The van der Waals surface area contributed by atoms with Gasteiger partial charge in [0.1, 0.15) is 5.82 Å². The number of anilines is 1. The molecule has 0 N–H and O–H groups in total. The van der Waals surface area contributed by atoms with Gasteiger partial charge in [-0.05, 0) is 18.2 Å². The van der Waals surface area contributed by atoms with Crippen LogP contribution in [0.4, 0.5) is 23.2 Å². The molecule has 0 aromatic heterocycles. The van der Waals surface area contributed by atoms with Crippen LogP contribution < -0.4 is 5.01 Å². The van der Waals surface area contributed by atoms with Gasteiger partial charge in [-0.2, -0.15) is 23.3 Å². The number of hydrogen-bond donors (Lipinski definition) is 0. The number of hydroxylamine groups is 2. The van der Waals surface area contributed by atoms with E-state index in [4.69, 9.17) is 4.84 Å². The van der Waals surface area contributed by atoms with E-state index >= 15 is 0 Å². The number of halogens is 4. The van der Waals surface area contributed by atoms with Gasteiger partial charge in [0.05, 0.1) is 30.0 Å². The summed E-state index contributed by atoms with van der Waals surface area (Å²) >= 11 is 0. The minimum absolute atomic E-state index is 0.102. The van der Waals surface area contributed by atoms with E-state index in [1.807, 2.05) is 0 Å². The summed E-state index contributed by atoms with van der Waals surface area (Å²) in [5, 5.41) is 6.62. The Kier molecular flexibility index (Phi) is 3.85. The largest absolute Gasteiger partial charge is 0.419 e. The molecule has 0 saturated carbocycles. The Morgan fingerprint density at radius 2 is 2.09 bits per heavy atom. The monoisotopic (exact) mass is 331 g/mol. The van der Waals surface area contributed by atoms with Crippen molar-refractivity contribution < 1.29 is 27.2 Å². The molecule has 1 aromatic rings. The lowest BCUT2D eigenvalue weighted by Gasteiger charge is -2.27. The number of rotatable bonds is 2. The molecule has 2 aliphatic rings. The van der Waals surface area contributed by atoms with Crippen molar-refractivity contribution >= 4 is 17.3 Å². The number of alkyl halides is 3. The first-order valence-electron chi connectivity index (χ1n) is 6.88. The van der Waals surface area contributed by atoms with E-state index in [1.165, 1.54) is 7.11 Å². The van der Waals surface area contributed by atoms with Crippen molar-refractivity contribution in [3.63, 3.8) is 0 Å². The van der Waals surface area contributed by atoms with Gasteiger partial charge in [0, 0.05) is 19.5 Å². The predicted octanol–water partition coefficient (Wildman–Crippen LogP) is 2.43. The fourth-order valence-electron chi connectivity index (χ4n) is 2.69. The Labute approximate surface area is 129 Å². The maximum Gasteiger partial charge on any atom is 0.419 e. The van der Waals surface area contributed by atoms with Crippen LogP contribution in [0.2, 0.25) is 0 Å². The molecule has 1 fully saturated rings. The summed E-state index contributed by atoms with van der Waals surface area (Å²) in [7, 11) is 1.48. The molecular formula is C14H13F4N3O2. The molecule has 9 heteroatoms. The second-order valence-electron chi connectivity index (χ2n) is 5.28. The van der Waals surface area contributed by atoms with Crippen molar-refractivity contribution in [2.45, 2.75) is 12.6 Å². The Morgan fingerprint density at radius 3 is 2.74 bits per heavy atom. The van der Waals surface area contributed by atoms with Gasteiger partial charge in [-0.3, -0.25) is 4.79 Å². The fraction of sp³-hybridized carbons (Fsp3) is 0.429. The Morgan fingerprint density at radius 1 is 1.35 bits per heavy atom. The molecule has 3 rings (SSSR count). The summed E-state index contributed by atoms with van der Waals surface area (Å²) in [5.74, 6) is -2.38. The van der Waals surface area contributed by atoms with Gasteiger partial charge in [-0.15, -0.1) is 0 Å². The van der Waals surface area contributed by atoms with Crippen molar-refractivity contribution in [2.75, 3.05) is 25.2 Å². The van der Waals surface area contributed by atoms with Crippen molar-refractivity contribution in [2.24, 2.45) is 11.0 Å². The third-order valence-corrected chi connectivity index (χ3v) is 3.90. The van der Waals surface area contributed by atoms with Crippen LogP contribution in [0.5, 0.6) is 0 Å². The Balaban J connectivity index is 1.92. The van der Waals surface area contributed by atoms with Gasteiger partial charge in [0.2, 0.25) is 0 Å². The molecule has 2 heterocycles. The highest BCUT2D eigenvalue weighted by Gasteiger charge is 2.41. The maximum atomic E-state index is 13.4. The number of hydrogen-bond acceptors (Lipinski definition) is 4. The zero-order valence-corrected chi connectivity index (χ0v) is 12.1. The van der Waals surface area contributed by atoms with Crippen molar-refractivity contribution in [3.05, 3.63) is 29.6 Å². The van der Waals surface area contributed by atoms with Crippen LogP contribution in [-0.2, 0) is 15.8 Å². The highest BCUT2D eigenvalue weighted by Crippen LogP contribution is 2.35. The SMILES string of the molecule is CON1CCC2=NN(c3ccc(F)c(C(F)(F)F)c3)C(=O)C2C1. The van der Waals surface area contributed by atoms with E-state index < -0.39 is 29.4 Å². The van der Waals surface area contributed by atoms with E-state index in [-0.39, 0.29) is 12.2 Å². The lowest BCUT2D eigenvalue weighted by Crippen LogP contribution is -2.42. The zero-order chi connectivity index (χ0) is 16.8. The number of benzene rings is 1. The molecule has 1 unspecified atom stereocenters. The molecule has 1 saturated heterocycles. The van der Waals surface area contributed by atoms with Crippen LogP contribution in [0.15, 0.2) is 23.3 Å². The highest BCUT2D eigenvalue weighted by atomic mass is 19.4. The standard InChI is InChI=1S/C14H13F4N3O2/c1-23-20-5-4-12-9(7-20)13(22)21(19-12)8-2-3-11(15)10(6-8)14(16,17)18/h2-3,6,9H,4-5,7H2,1H3. The molecular weight excluding hydrogens is 318 g/mol. The van der Waals surface area contributed by atoms with Gasteiger partial charge >= 0.3 is 6.18 Å². The van der Waals surface area contributed by atoms with Gasteiger partial charge in [0.25, 0.3) is 5.91 Å². The first kappa shape index (κ1) is 15.9. The van der Waals surface area contributed by atoms with E-state index in [9.17, 15) is 22.4 Å². The quantitative estimate of drug-likeness (QED) is 0.782. The van der Waals surface area contributed by atoms with Crippen LogP contribution in [-0.4, -0.2) is 36.9 Å². The third-order valence-electron chi connectivity index (χ3n) is 3.90. The number of hydrazone groups is 1. The fourth-order valence-corrected chi connectivity index (χ4v) is 2.69. The highest BCUT2D eigenvalue weighted by molar-refractivity contribution is 6.16. The number of nitrogens with zero attached hydrogens (tertiary/aromatic N) is 3. The second-order valence-corrected chi connectivity index (χ2v) is 5.28. The predicted molar refractivity (Wildman–Crippen MR) is 73.0 cm³/mol. The summed E-state index contributed by atoms with van der Waals surface area (Å²) in [6, 6.07) is 2.40. The third kappa shape index (κ3) is 2.81. The average Bonchev–Trinajstić information content (AvgIpc) is 2.83. The van der Waals surface area contributed by atoms with Crippen molar-refractivity contribution in [3.8, 4) is 0 Å². The van der Waals surface area contributed by atoms with E-state index in [0.29, 0.717) is 30.8 Å². The number of carbonyl (C=O) groups is 1. The second kappa shape index (κ2) is 5.57. The minimum atomic E-state index is -4.84. The normalized spacial score (nSPS) is 22.3. The van der Waals surface area contributed by atoms with Crippen LogP contribution >= 0.6 is 0 Å². The van der Waals surface area contributed by atoms with Crippen LogP contribution in [0.3, 0.4) is 0 Å². The summed E-state index contributed by atoms with van der Waals surface area (Å²) in [5.41, 5.74) is -0.924. The summed E-state index contributed by atoms with van der Waals surface area (Å²) in [4.78, 5) is 17.5. The molecule has 23 heavy (non-hydrogen) atoms. The number of amides is 1. The molecule has 0 aliphatic carbocycles. The molecule has 5 nitrogen and oxygen atoms in total. The van der Waals surface area contributed by atoms with Gasteiger partial charge in [-0.1, -0.05) is 0 Å². The van der Waals surface area contributed by atoms with E-state index in [0.717, 1.165) is 11.1 Å². The first-order valence-corrected chi connectivity index (χ1v) is 6.88. The molecule has 0 spiro atoms. The molecule has 124 valence electrons. The summed E-state index contributed by atoms with van der Waals surface area (Å²) < 4.78 is 51.8. The lowest BCUT2D eigenvalue weighted by atomic mass is 9.97. The first-order chi connectivity index (χ1) is 10.8. The number of carbonyl (C=O) groups excluding carboxylic acids is 1. The van der Waals surface area contributed by atoms with E-state index in [2.05, 4.69) is 5.10 Å². The molecule has 1 atom stereocenters. The maximum absolute atomic E-state index is 13.4. The molecule has 1 aromatic carbocycles. The number of fused-ring (bicyclic) bond motifs is 1. The number of piperidine rings is 1. The van der Waals surface area contributed by atoms with E-state index in [1.54, 1.807) is 5.06 Å². The molecule has 0 bridgehead atoms. The van der Waals surface area contributed by atoms with Gasteiger partial charge < -0.3 is 4.84 Å². The minimum Gasteiger partial charge on any atom is -0.302 e. The van der Waals surface area contributed by atoms with Crippen molar-refractivity contribution in [1.82, 2.24) is 5.06 Å². The summed E-state index contributed by atoms with van der Waals surface area (Å²) in [6.07, 6.45) is -4.36. The lowest BCUT2D eigenvalue weighted by molar-refractivity contribution is -0.146. The molecule has 1 amide bonds. The van der Waals surface area contributed by atoms with Crippen molar-refractivity contribution in [1.29, 1.82) is 0 Å². The smallest absolute Gasteiger partial charge is 0.302 e. The average molecular weight is 331 g/mol. The van der Waals surface area contributed by atoms with Crippen LogP contribution in [0, 0.1) is 11.7 Å². The van der Waals surface area contributed by atoms with Gasteiger partial charge in [-0.25, -0.2) is 9.40 Å². The Hall–Kier alpha value is -2.00. The molecule has 0 radical (unpaired) electrons. The van der Waals surface area contributed by atoms with Crippen LogP contribution in [0.25, 0.3) is 0 Å². The topological polar surface area (TPSA) is 45.1 Å². The van der Waals surface area contributed by atoms with Crippen LogP contribution in [0.1, 0.15) is 12.0 Å². The molecule has 2 aliphatic heterocycles. The Bertz CT molecular complexity index is 674. The zero-order valence-electron chi connectivity index (χ0n) is 12.1. The summed E-state index contributed by atoms with van der Waals surface area (Å²) in [6.45, 7) is 0.835. The van der Waals surface area contributed by atoms with Gasteiger partial charge in [0.15, 0.2) is 0 Å².